The fourth-order valence-corrected chi connectivity index (χ4v) is 1.87. The lowest BCUT2D eigenvalue weighted by Gasteiger charge is -2.19. The summed E-state index contributed by atoms with van der Waals surface area (Å²) in [7, 11) is 1.60. The van der Waals surface area contributed by atoms with Crippen LogP contribution >= 0.6 is 0 Å². The van der Waals surface area contributed by atoms with Gasteiger partial charge in [0.05, 0.1) is 0 Å². The Labute approximate surface area is 111 Å². The summed E-state index contributed by atoms with van der Waals surface area (Å²) in [5.74, 6) is -0.921. The SMILES string of the molecule is Cc1cccc(N(C)C(=O)c2c(O)cccc2O)c1. The number of aryl methyl sites for hydroxylation is 1. The van der Waals surface area contributed by atoms with Gasteiger partial charge in [-0.25, -0.2) is 0 Å². The minimum absolute atomic E-state index is 0.0912. The molecule has 0 unspecified atom stereocenters. The third-order valence-corrected chi connectivity index (χ3v) is 2.93. The van der Waals surface area contributed by atoms with Crippen LogP contribution in [0.5, 0.6) is 11.5 Å². The Morgan fingerprint density at radius 3 is 2.21 bits per heavy atom. The van der Waals surface area contributed by atoms with E-state index in [4.69, 9.17) is 0 Å². The Balaban J connectivity index is 2.39. The van der Waals surface area contributed by atoms with E-state index in [9.17, 15) is 15.0 Å². The van der Waals surface area contributed by atoms with Gasteiger partial charge in [0, 0.05) is 12.7 Å². The van der Waals surface area contributed by atoms with Gasteiger partial charge in [-0.3, -0.25) is 4.79 Å². The number of phenolic OH excluding ortho intramolecular Hbond substituents is 2. The highest BCUT2D eigenvalue weighted by molar-refractivity contribution is 6.09. The van der Waals surface area contributed by atoms with Crippen molar-refractivity contribution in [3.8, 4) is 11.5 Å². The molecule has 2 rings (SSSR count). The molecule has 0 saturated heterocycles. The van der Waals surface area contributed by atoms with Crippen LogP contribution in [0.2, 0.25) is 0 Å². The topological polar surface area (TPSA) is 60.8 Å². The highest BCUT2D eigenvalue weighted by atomic mass is 16.3. The molecular formula is C15H15NO3. The van der Waals surface area contributed by atoms with Crippen LogP contribution in [-0.2, 0) is 0 Å². The van der Waals surface area contributed by atoms with Crippen molar-refractivity contribution in [2.45, 2.75) is 6.92 Å². The zero-order chi connectivity index (χ0) is 14.0. The van der Waals surface area contributed by atoms with E-state index in [0.29, 0.717) is 5.69 Å². The molecule has 0 heterocycles. The van der Waals surface area contributed by atoms with Crippen molar-refractivity contribution in [3.63, 3.8) is 0 Å². The average Bonchev–Trinajstić information content (AvgIpc) is 2.37. The number of phenols is 2. The van der Waals surface area contributed by atoms with Crippen LogP contribution in [0.4, 0.5) is 5.69 Å². The molecule has 2 N–H and O–H groups in total. The molecule has 2 aromatic carbocycles. The van der Waals surface area contributed by atoms with E-state index >= 15 is 0 Å². The largest absolute Gasteiger partial charge is 0.507 e. The minimum Gasteiger partial charge on any atom is -0.507 e. The van der Waals surface area contributed by atoms with Crippen LogP contribution in [0.1, 0.15) is 15.9 Å². The van der Waals surface area contributed by atoms with Crippen molar-refractivity contribution in [1.82, 2.24) is 0 Å². The first-order valence-corrected chi connectivity index (χ1v) is 5.86. The normalized spacial score (nSPS) is 10.2. The minimum atomic E-state index is -0.457. The summed E-state index contributed by atoms with van der Waals surface area (Å²) in [5, 5.41) is 19.4. The molecule has 0 radical (unpaired) electrons. The van der Waals surface area contributed by atoms with Crippen LogP contribution in [0.15, 0.2) is 42.5 Å². The van der Waals surface area contributed by atoms with E-state index in [2.05, 4.69) is 0 Å². The van der Waals surface area contributed by atoms with Gasteiger partial charge in [-0.15, -0.1) is 0 Å². The molecule has 19 heavy (non-hydrogen) atoms. The molecule has 2 aromatic rings. The Morgan fingerprint density at radius 2 is 1.63 bits per heavy atom. The summed E-state index contributed by atoms with van der Waals surface area (Å²) in [5.41, 5.74) is 1.64. The van der Waals surface area contributed by atoms with Crippen molar-refractivity contribution in [1.29, 1.82) is 0 Å². The Bertz CT molecular complexity index is 602. The molecule has 0 aliphatic carbocycles. The number of aromatic hydroxyl groups is 2. The monoisotopic (exact) mass is 257 g/mol. The standard InChI is InChI=1S/C15H15NO3/c1-10-5-3-6-11(9-10)16(2)15(19)14-12(17)7-4-8-13(14)18/h3-9,17-18H,1-2H3. The predicted molar refractivity (Wildman–Crippen MR) is 73.7 cm³/mol. The third-order valence-electron chi connectivity index (χ3n) is 2.93. The molecule has 98 valence electrons. The molecular weight excluding hydrogens is 242 g/mol. The molecule has 0 aliphatic rings. The Morgan fingerprint density at radius 1 is 1.05 bits per heavy atom. The number of carbonyl (C=O) groups excluding carboxylic acids is 1. The maximum absolute atomic E-state index is 12.3. The van der Waals surface area contributed by atoms with Gasteiger partial charge in [0.2, 0.25) is 0 Å². The molecule has 0 bridgehead atoms. The smallest absolute Gasteiger partial charge is 0.265 e. The molecule has 0 atom stereocenters. The fraction of sp³-hybridized carbons (Fsp3) is 0.133. The van der Waals surface area contributed by atoms with E-state index in [1.165, 1.54) is 23.1 Å². The Hall–Kier alpha value is -2.49. The van der Waals surface area contributed by atoms with Gasteiger partial charge >= 0.3 is 0 Å². The van der Waals surface area contributed by atoms with E-state index in [1.54, 1.807) is 13.1 Å². The second kappa shape index (κ2) is 5.02. The fourth-order valence-electron chi connectivity index (χ4n) is 1.87. The number of hydrogen-bond donors (Lipinski definition) is 2. The van der Waals surface area contributed by atoms with Gasteiger partial charge in [-0.05, 0) is 36.8 Å². The Kier molecular flexibility index (Phi) is 3.42. The summed E-state index contributed by atoms with van der Waals surface area (Å²) in [6, 6.07) is 11.7. The van der Waals surface area contributed by atoms with Crippen molar-refractivity contribution in [2.24, 2.45) is 0 Å². The van der Waals surface area contributed by atoms with Gasteiger partial charge in [0.1, 0.15) is 17.1 Å². The molecule has 0 aliphatic heterocycles. The predicted octanol–water partition coefficient (Wildman–Crippen LogP) is 2.68. The second-order valence-corrected chi connectivity index (χ2v) is 4.37. The number of rotatable bonds is 2. The molecule has 0 fully saturated rings. The lowest BCUT2D eigenvalue weighted by Crippen LogP contribution is -2.26. The lowest BCUT2D eigenvalue weighted by molar-refractivity contribution is 0.0987. The number of carbonyl (C=O) groups is 1. The highest BCUT2D eigenvalue weighted by Crippen LogP contribution is 2.29. The van der Waals surface area contributed by atoms with Crippen LogP contribution < -0.4 is 4.90 Å². The number of anilines is 1. The first kappa shape index (κ1) is 13.0. The number of hydrogen-bond acceptors (Lipinski definition) is 3. The number of amides is 1. The average molecular weight is 257 g/mol. The maximum atomic E-state index is 12.3. The van der Waals surface area contributed by atoms with E-state index in [1.807, 2.05) is 25.1 Å². The summed E-state index contributed by atoms with van der Waals surface area (Å²) < 4.78 is 0. The molecule has 4 heteroatoms. The molecule has 0 saturated carbocycles. The first-order chi connectivity index (χ1) is 9.00. The summed E-state index contributed by atoms with van der Waals surface area (Å²) in [6.45, 7) is 1.93. The van der Waals surface area contributed by atoms with E-state index in [-0.39, 0.29) is 17.1 Å². The first-order valence-electron chi connectivity index (χ1n) is 5.86. The number of benzene rings is 2. The maximum Gasteiger partial charge on any atom is 0.265 e. The van der Waals surface area contributed by atoms with Crippen LogP contribution in [0, 0.1) is 6.92 Å². The van der Waals surface area contributed by atoms with Gasteiger partial charge in [0.25, 0.3) is 5.91 Å². The van der Waals surface area contributed by atoms with E-state index < -0.39 is 5.91 Å². The number of nitrogens with zero attached hydrogens (tertiary/aromatic N) is 1. The van der Waals surface area contributed by atoms with Crippen LogP contribution in [0.3, 0.4) is 0 Å². The van der Waals surface area contributed by atoms with Gasteiger partial charge in [-0.2, -0.15) is 0 Å². The summed E-state index contributed by atoms with van der Waals surface area (Å²) in [6.07, 6.45) is 0. The summed E-state index contributed by atoms with van der Waals surface area (Å²) in [4.78, 5) is 13.7. The van der Waals surface area contributed by atoms with Crippen LogP contribution in [0.25, 0.3) is 0 Å². The van der Waals surface area contributed by atoms with Crippen molar-refractivity contribution >= 4 is 11.6 Å². The molecule has 1 amide bonds. The highest BCUT2D eigenvalue weighted by Gasteiger charge is 2.20. The lowest BCUT2D eigenvalue weighted by atomic mass is 10.1. The van der Waals surface area contributed by atoms with Crippen LogP contribution in [-0.4, -0.2) is 23.2 Å². The second-order valence-electron chi connectivity index (χ2n) is 4.37. The quantitative estimate of drug-likeness (QED) is 0.869. The molecule has 0 aromatic heterocycles. The van der Waals surface area contributed by atoms with Gasteiger partial charge in [-0.1, -0.05) is 18.2 Å². The summed E-state index contributed by atoms with van der Waals surface area (Å²) >= 11 is 0. The van der Waals surface area contributed by atoms with Crippen molar-refractivity contribution < 1.29 is 15.0 Å². The van der Waals surface area contributed by atoms with Gasteiger partial charge < -0.3 is 15.1 Å². The molecule has 4 nitrogen and oxygen atoms in total. The van der Waals surface area contributed by atoms with Crippen molar-refractivity contribution in [3.05, 3.63) is 53.6 Å². The molecule has 0 spiro atoms. The zero-order valence-electron chi connectivity index (χ0n) is 10.8. The van der Waals surface area contributed by atoms with Gasteiger partial charge in [0.15, 0.2) is 0 Å². The van der Waals surface area contributed by atoms with E-state index in [0.717, 1.165) is 5.56 Å². The van der Waals surface area contributed by atoms with Crippen molar-refractivity contribution in [2.75, 3.05) is 11.9 Å². The zero-order valence-corrected chi connectivity index (χ0v) is 10.8. The third kappa shape index (κ3) is 2.52.